The second-order valence-electron chi connectivity index (χ2n) is 9.51. The third-order valence-corrected chi connectivity index (χ3v) is 6.30. The number of benzene rings is 3. The van der Waals surface area contributed by atoms with Crippen LogP contribution in [-0.2, 0) is 28.0 Å². The molecule has 0 radical (unpaired) electrons. The molecule has 184 valence electrons. The highest BCUT2D eigenvalue weighted by Crippen LogP contribution is 2.31. The molecule has 0 fully saturated rings. The monoisotopic (exact) mass is 536 g/mol. The molecule has 6 heteroatoms. The number of nitrogens with zero attached hydrogens (tertiary/aromatic N) is 1. The molecule has 0 aliphatic carbocycles. The number of hydrogen-bond donors (Lipinski definition) is 1. The number of rotatable bonds is 9. The maximum atomic E-state index is 13.6. The van der Waals surface area contributed by atoms with Crippen LogP contribution < -0.4 is 10.1 Å². The van der Waals surface area contributed by atoms with Gasteiger partial charge in [-0.05, 0) is 40.3 Å². The molecule has 0 saturated carbocycles. The van der Waals surface area contributed by atoms with Crippen LogP contribution in [0.5, 0.6) is 5.75 Å². The van der Waals surface area contributed by atoms with E-state index in [0.717, 1.165) is 21.2 Å². The summed E-state index contributed by atoms with van der Waals surface area (Å²) in [5.41, 5.74) is 2.79. The second-order valence-corrected chi connectivity index (χ2v) is 10.4. The topological polar surface area (TPSA) is 58.6 Å². The van der Waals surface area contributed by atoms with Gasteiger partial charge in [-0.25, -0.2) is 0 Å². The summed E-state index contributed by atoms with van der Waals surface area (Å²) in [4.78, 5) is 28.3. The minimum atomic E-state index is -0.685. The number of halogens is 1. The van der Waals surface area contributed by atoms with Crippen LogP contribution in [-0.4, -0.2) is 36.4 Å². The Hall–Kier alpha value is -3.12. The molecule has 0 aromatic heterocycles. The van der Waals surface area contributed by atoms with Gasteiger partial charge in [0.25, 0.3) is 5.91 Å². The van der Waals surface area contributed by atoms with Crippen LogP contribution in [0, 0.1) is 0 Å². The van der Waals surface area contributed by atoms with Crippen molar-refractivity contribution in [1.82, 2.24) is 10.2 Å². The van der Waals surface area contributed by atoms with Gasteiger partial charge in [-0.2, -0.15) is 0 Å². The Bertz CT molecular complexity index is 1140. The first-order valence-electron chi connectivity index (χ1n) is 11.7. The van der Waals surface area contributed by atoms with Gasteiger partial charge in [0.1, 0.15) is 11.8 Å². The Labute approximate surface area is 216 Å². The number of likely N-dealkylation sites (N-methyl/N-ethyl adjacent to an activating group) is 1. The molecule has 1 N–H and O–H groups in total. The van der Waals surface area contributed by atoms with E-state index in [4.69, 9.17) is 4.74 Å². The van der Waals surface area contributed by atoms with E-state index in [1.54, 1.807) is 11.9 Å². The predicted molar refractivity (Wildman–Crippen MR) is 143 cm³/mol. The summed E-state index contributed by atoms with van der Waals surface area (Å²) in [5.74, 6) is 0.209. The van der Waals surface area contributed by atoms with E-state index in [0.29, 0.717) is 12.2 Å². The Morgan fingerprint density at radius 1 is 0.943 bits per heavy atom. The Balaban J connectivity index is 1.91. The molecule has 5 nitrogen and oxygen atoms in total. The Morgan fingerprint density at radius 2 is 1.60 bits per heavy atom. The van der Waals surface area contributed by atoms with Crippen LogP contribution in [0.4, 0.5) is 0 Å². The SMILES string of the molecule is CNC(=O)[C@H](Cc1ccccc1)N(Cc1cccc(Br)c1)C(=O)COc1ccccc1C(C)(C)C. The van der Waals surface area contributed by atoms with Crippen molar-refractivity contribution in [2.24, 2.45) is 0 Å². The van der Waals surface area contributed by atoms with Gasteiger partial charge in [0.05, 0.1) is 0 Å². The van der Waals surface area contributed by atoms with Gasteiger partial charge in [0.2, 0.25) is 5.91 Å². The van der Waals surface area contributed by atoms with E-state index in [-0.39, 0.29) is 30.4 Å². The van der Waals surface area contributed by atoms with Gasteiger partial charge in [-0.15, -0.1) is 0 Å². The molecule has 0 unspecified atom stereocenters. The van der Waals surface area contributed by atoms with Gasteiger partial charge < -0.3 is 15.0 Å². The lowest BCUT2D eigenvalue weighted by Gasteiger charge is -2.31. The number of nitrogens with one attached hydrogen (secondary N) is 1. The normalized spacial score (nSPS) is 12.0. The second kappa shape index (κ2) is 12.0. The van der Waals surface area contributed by atoms with Crippen molar-refractivity contribution < 1.29 is 14.3 Å². The van der Waals surface area contributed by atoms with Crippen molar-refractivity contribution in [3.05, 3.63) is 100 Å². The van der Waals surface area contributed by atoms with Crippen LogP contribution in [0.15, 0.2) is 83.3 Å². The lowest BCUT2D eigenvalue weighted by Crippen LogP contribution is -2.51. The summed E-state index contributed by atoms with van der Waals surface area (Å²) in [7, 11) is 1.60. The summed E-state index contributed by atoms with van der Waals surface area (Å²) in [6.07, 6.45) is 0.402. The van der Waals surface area contributed by atoms with Crippen molar-refractivity contribution in [3.63, 3.8) is 0 Å². The Kier molecular flexibility index (Phi) is 9.10. The van der Waals surface area contributed by atoms with Crippen molar-refractivity contribution in [3.8, 4) is 5.75 Å². The van der Waals surface area contributed by atoms with Crippen molar-refractivity contribution in [2.45, 2.75) is 45.2 Å². The quantitative estimate of drug-likeness (QED) is 0.392. The van der Waals surface area contributed by atoms with Crippen LogP contribution in [0.25, 0.3) is 0 Å². The van der Waals surface area contributed by atoms with Gasteiger partial charge in [-0.1, -0.05) is 97.4 Å². The maximum absolute atomic E-state index is 13.6. The molecule has 3 rings (SSSR count). The molecular weight excluding hydrogens is 504 g/mol. The molecule has 0 heterocycles. The largest absolute Gasteiger partial charge is 0.483 e. The fraction of sp³-hybridized carbons (Fsp3) is 0.310. The van der Waals surface area contributed by atoms with E-state index in [1.165, 1.54) is 0 Å². The first-order chi connectivity index (χ1) is 16.7. The standard InChI is InChI=1S/C29H33BrN2O3/c1-29(2,3)24-15-8-9-16-26(24)35-20-27(33)32(19-22-13-10-14-23(30)17-22)25(28(34)31-4)18-21-11-6-5-7-12-21/h5-17,25H,18-20H2,1-4H3,(H,31,34)/t25-/m0/s1. The summed E-state index contributed by atoms with van der Waals surface area (Å²) in [6, 6.07) is 24.6. The molecule has 3 aromatic rings. The molecule has 35 heavy (non-hydrogen) atoms. The van der Waals surface area contributed by atoms with E-state index < -0.39 is 6.04 Å². The third kappa shape index (κ3) is 7.43. The average molecular weight is 537 g/mol. The number of para-hydroxylation sites is 1. The number of hydrogen-bond acceptors (Lipinski definition) is 3. The molecule has 0 spiro atoms. The predicted octanol–water partition coefficient (Wildman–Crippen LogP) is 5.51. The van der Waals surface area contributed by atoms with E-state index >= 15 is 0 Å². The maximum Gasteiger partial charge on any atom is 0.261 e. The number of ether oxygens (including phenoxy) is 1. The molecule has 0 aliphatic heterocycles. The van der Waals surface area contributed by atoms with Crippen molar-refractivity contribution in [1.29, 1.82) is 0 Å². The zero-order chi connectivity index (χ0) is 25.4. The lowest BCUT2D eigenvalue weighted by atomic mass is 9.86. The first-order valence-corrected chi connectivity index (χ1v) is 12.5. The van der Waals surface area contributed by atoms with Gasteiger partial charge in [0.15, 0.2) is 6.61 Å². The number of carbonyl (C=O) groups is 2. The highest BCUT2D eigenvalue weighted by molar-refractivity contribution is 9.10. The minimum absolute atomic E-state index is 0.131. The summed E-state index contributed by atoms with van der Waals surface area (Å²) in [5, 5.41) is 2.74. The first kappa shape index (κ1) is 26.5. The average Bonchev–Trinajstić information content (AvgIpc) is 2.84. The van der Waals surface area contributed by atoms with Crippen LogP contribution in [0.1, 0.15) is 37.5 Å². The third-order valence-electron chi connectivity index (χ3n) is 5.81. The van der Waals surface area contributed by atoms with Crippen LogP contribution in [0.2, 0.25) is 0 Å². The molecular formula is C29H33BrN2O3. The number of carbonyl (C=O) groups excluding carboxylic acids is 2. The highest BCUT2D eigenvalue weighted by Gasteiger charge is 2.30. The molecule has 2 amide bonds. The molecule has 1 atom stereocenters. The molecule has 3 aromatic carbocycles. The lowest BCUT2D eigenvalue weighted by molar-refractivity contribution is -0.142. The van der Waals surface area contributed by atoms with E-state index in [1.807, 2.05) is 78.9 Å². The van der Waals surface area contributed by atoms with Crippen LogP contribution in [0.3, 0.4) is 0 Å². The molecule has 0 aliphatic rings. The van der Waals surface area contributed by atoms with Crippen LogP contribution >= 0.6 is 15.9 Å². The molecule has 0 bridgehead atoms. The zero-order valence-electron chi connectivity index (χ0n) is 20.8. The summed E-state index contributed by atoms with van der Waals surface area (Å²) in [6.45, 7) is 6.45. The van der Waals surface area contributed by atoms with E-state index in [9.17, 15) is 9.59 Å². The van der Waals surface area contributed by atoms with Gasteiger partial charge in [-0.3, -0.25) is 9.59 Å². The number of amides is 2. The minimum Gasteiger partial charge on any atom is -0.483 e. The van der Waals surface area contributed by atoms with Crippen molar-refractivity contribution in [2.75, 3.05) is 13.7 Å². The highest BCUT2D eigenvalue weighted by atomic mass is 79.9. The van der Waals surface area contributed by atoms with Crippen molar-refractivity contribution >= 4 is 27.7 Å². The zero-order valence-corrected chi connectivity index (χ0v) is 22.3. The smallest absolute Gasteiger partial charge is 0.261 e. The molecule has 0 saturated heterocycles. The Morgan fingerprint density at radius 3 is 2.26 bits per heavy atom. The van der Waals surface area contributed by atoms with Gasteiger partial charge >= 0.3 is 0 Å². The fourth-order valence-electron chi connectivity index (χ4n) is 3.99. The van der Waals surface area contributed by atoms with E-state index in [2.05, 4.69) is 42.0 Å². The summed E-state index contributed by atoms with van der Waals surface area (Å²) < 4.78 is 6.96. The fourth-order valence-corrected chi connectivity index (χ4v) is 4.43. The van der Waals surface area contributed by atoms with Gasteiger partial charge in [0, 0.05) is 24.5 Å². The summed E-state index contributed by atoms with van der Waals surface area (Å²) >= 11 is 3.50.